The van der Waals surface area contributed by atoms with Gasteiger partial charge in [-0.1, -0.05) is 19.8 Å². The van der Waals surface area contributed by atoms with Gasteiger partial charge in [0.2, 0.25) is 0 Å². The van der Waals surface area contributed by atoms with Crippen molar-refractivity contribution in [1.29, 1.82) is 0 Å². The van der Waals surface area contributed by atoms with Crippen molar-refractivity contribution in [2.45, 2.75) is 51.7 Å². The molecule has 1 aliphatic rings. The molecule has 0 aromatic rings. The average molecular weight is 257 g/mol. The first-order valence-electron chi connectivity index (χ1n) is 6.97. The molecule has 0 saturated carbocycles. The molecule has 3 unspecified atom stereocenters. The maximum Gasteiger partial charge on any atom is 0.302 e. The number of carbonyl (C=O) groups excluding carboxylic acids is 1. The molecule has 0 N–H and O–H groups in total. The quantitative estimate of drug-likeness (QED) is 0.683. The van der Waals surface area contributed by atoms with Crippen LogP contribution in [0, 0.1) is 5.92 Å². The van der Waals surface area contributed by atoms with Crippen molar-refractivity contribution >= 4 is 5.97 Å². The van der Waals surface area contributed by atoms with Gasteiger partial charge in [-0.05, 0) is 19.9 Å². The van der Waals surface area contributed by atoms with Gasteiger partial charge < -0.3 is 14.4 Å². The van der Waals surface area contributed by atoms with Gasteiger partial charge in [-0.25, -0.2) is 0 Å². The topological polar surface area (TPSA) is 38.8 Å². The summed E-state index contributed by atoms with van der Waals surface area (Å²) in [6, 6.07) is 0. The summed E-state index contributed by atoms with van der Waals surface area (Å²) in [6.07, 6.45) is 4.49. The van der Waals surface area contributed by atoms with E-state index in [1.165, 1.54) is 13.3 Å². The number of unbranched alkanes of at least 4 members (excludes halogenated alkanes) is 1. The molecule has 1 fully saturated rings. The lowest BCUT2D eigenvalue weighted by molar-refractivity contribution is -0.156. The minimum Gasteiger partial charge on any atom is -0.462 e. The third-order valence-electron chi connectivity index (χ3n) is 3.74. The fourth-order valence-corrected chi connectivity index (χ4v) is 2.76. The van der Waals surface area contributed by atoms with Crippen molar-refractivity contribution in [1.82, 2.24) is 4.90 Å². The summed E-state index contributed by atoms with van der Waals surface area (Å²) in [5.41, 5.74) is 0. The van der Waals surface area contributed by atoms with Crippen molar-refractivity contribution in [2.24, 2.45) is 5.92 Å². The second-order valence-corrected chi connectivity index (χ2v) is 5.28. The van der Waals surface area contributed by atoms with Crippen molar-refractivity contribution in [3.8, 4) is 0 Å². The molecule has 0 aromatic heterocycles. The van der Waals surface area contributed by atoms with Crippen LogP contribution in [0.2, 0.25) is 0 Å². The number of esters is 1. The second-order valence-electron chi connectivity index (χ2n) is 5.28. The van der Waals surface area contributed by atoms with Crippen LogP contribution in [0.25, 0.3) is 0 Å². The van der Waals surface area contributed by atoms with Crippen molar-refractivity contribution in [2.75, 3.05) is 27.2 Å². The highest BCUT2D eigenvalue weighted by molar-refractivity contribution is 5.66. The molecule has 4 nitrogen and oxygen atoms in total. The molecule has 3 atom stereocenters. The van der Waals surface area contributed by atoms with Gasteiger partial charge in [0.1, 0.15) is 6.10 Å². The molecule has 4 heteroatoms. The fraction of sp³-hybridized carbons (Fsp3) is 0.929. The predicted octanol–water partition coefficient (Wildman–Crippen LogP) is 2.08. The molecule has 0 aromatic carbocycles. The highest BCUT2D eigenvalue weighted by atomic mass is 16.5. The molecule has 1 heterocycles. The van der Waals surface area contributed by atoms with Crippen LogP contribution >= 0.6 is 0 Å². The number of methoxy groups -OCH3 is 1. The smallest absolute Gasteiger partial charge is 0.302 e. The lowest BCUT2D eigenvalue weighted by Gasteiger charge is -2.39. The largest absolute Gasteiger partial charge is 0.462 e. The highest BCUT2D eigenvalue weighted by Gasteiger charge is 2.35. The van der Waals surface area contributed by atoms with Crippen LogP contribution in [-0.4, -0.2) is 50.3 Å². The molecule has 0 spiro atoms. The number of ether oxygens (including phenoxy) is 2. The Kier molecular flexibility index (Phi) is 6.65. The van der Waals surface area contributed by atoms with Crippen molar-refractivity contribution in [3.63, 3.8) is 0 Å². The Morgan fingerprint density at radius 2 is 2.22 bits per heavy atom. The first-order chi connectivity index (χ1) is 8.58. The van der Waals surface area contributed by atoms with Crippen molar-refractivity contribution < 1.29 is 14.3 Å². The summed E-state index contributed by atoms with van der Waals surface area (Å²) in [4.78, 5) is 13.5. The normalized spacial score (nSPS) is 26.9. The SMILES string of the molecule is CCCCC(OC)C1CN(C)CCC1OC(C)=O. The summed E-state index contributed by atoms with van der Waals surface area (Å²) in [5.74, 6) is 0.115. The number of carbonyl (C=O) groups is 1. The molecule has 0 aliphatic carbocycles. The Hall–Kier alpha value is -0.610. The number of rotatable bonds is 6. The van der Waals surface area contributed by atoms with E-state index in [9.17, 15) is 4.79 Å². The number of hydrogen-bond acceptors (Lipinski definition) is 4. The molecular formula is C14H27NO3. The maximum atomic E-state index is 11.2. The zero-order valence-corrected chi connectivity index (χ0v) is 12.1. The minimum absolute atomic E-state index is 0.0144. The third-order valence-corrected chi connectivity index (χ3v) is 3.74. The Morgan fingerprint density at radius 3 is 2.78 bits per heavy atom. The summed E-state index contributed by atoms with van der Waals surface area (Å²) in [6.45, 7) is 5.60. The van der Waals surface area contributed by atoms with E-state index in [-0.39, 0.29) is 18.2 Å². The van der Waals surface area contributed by atoms with Crippen LogP contribution in [0.4, 0.5) is 0 Å². The lowest BCUT2D eigenvalue weighted by Crippen LogP contribution is -2.48. The van der Waals surface area contributed by atoms with Crippen molar-refractivity contribution in [3.05, 3.63) is 0 Å². The van der Waals surface area contributed by atoms with E-state index in [1.54, 1.807) is 7.11 Å². The standard InChI is InChI=1S/C14H27NO3/c1-5-6-7-13(17-4)12-10-15(3)9-8-14(12)18-11(2)16/h12-14H,5-10H2,1-4H3. The molecule has 106 valence electrons. The molecule has 1 rings (SSSR count). The Morgan fingerprint density at radius 1 is 1.50 bits per heavy atom. The third kappa shape index (κ3) is 4.58. The number of nitrogens with zero attached hydrogens (tertiary/aromatic N) is 1. The number of likely N-dealkylation sites (tertiary alicyclic amines) is 1. The molecule has 18 heavy (non-hydrogen) atoms. The van der Waals surface area contributed by atoms with E-state index in [1.807, 2.05) is 0 Å². The summed E-state index contributed by atoms with van der Waals surface area (Å²) in [7, 11) is 3.88. The maximum absolute atomic E-state index is 11.2. The molecule has 0 amide bonds. The van der Waals surface area contributed by atoms with Crippen LogP contribution in [0.5, 0.6) is 0 Å². The van der Waals surface area contributed by atoms with Gasteiger partial charge >= 0.3 is 5.97 Å². The lowest BCUT2D eigenvalue weighted by atomic mass is 9.87. The van der Waals surface area contributed by atoms with Gasteiger partial charge in [-0.3, -0.25) is 4.79 Å². The van der Waals surface area contributed by atoms with Gasteiger partial charge in [0, 0.05) is 33.0 Å². The zero-order chi connectivity index (χ0) is 13.5. The van der Waals surface area contributed by atoms with Crippen LogP contribution < -0.4 is 0 Å². The second kappa shape index (κ2) is 7.74. The number of hydrogen-bond donors (Lipinski definition) is 0. The Balaban J connectivity index is 2.65. The summed E-state index contributed by atoms with van der Waals surface area (Å²) in [5, 5.41) is 0. The predicted molar refractivity (Wildman–Crippen MR) is 71.5 cm³/mol. The van der Waals surface area contributed by atoms with E-state index in [4.69, 9.17) is 9.47 Å². The van der Waals surface area contributed by atoms with E-state index in [0.717, 1.165) is 32.4 Å². The van der Waals surface area contributed by atoms with E-state index in [2.05, 4.69) is 18.9 Å². The molecule has 0 radical (unpaired) electrons. The molecule has 0 bridgehead atoms. The van der Waals surface area contributed by atoms with Crippen LogP contribution in [0.15, 0.2) is 0 Å². The van der Waals surface area contributed by atoms with Gasteiger partial charge in [-0.2, -0.15) is 0 Å². The zero-order valence-electron chi connectivity index (χ0n) is 12.1. The summed E-state index contributed by atoms with van der Waals surface area (Å²) < 4.78 is 11.1. The first-order valence-corrected chi connectivity index (χ1v) is 6.97. The van der Waals surface area contributed by atoms with E-state index < -0.39 is 0 Å². The van der Waals surface area contributed by atoms with E-state index in [0.29, 0.717) is 5.92 Å². The molecule has 1 saturated heterocycles. The van der Waals surface area contributed by atoms with Crippen LogP contribution in [-0.2, 0) is 14.3 Å². The van der Waals surface area contributed by atoms with Gasteiger partial charge in [0.15, 0.2) is 0 Å². The first kappa shape index (κ1) is 15.4. The van der Waals surface area contributed by atoms with Gasteiger partial charge in [-0.15, -0.1) is 0 Å². The van der Waals surface area contributed by atoms with Crippen LogP contribution in [0.1, 0.15) is 39.5 Å². The average Bonchev–Trinajstić information content (AvgIpc) is 2.33. The van der Waals surface area contributed by atoms with Gasteiger partial charge in [0.25, 0.3) is 0 Å². The van der Waals surface area contributed by atoms with Gasteiger partial charge in [0.05, 0.1) is 6.10 Å². The number of piperidine rings is 1. The Labute approximate surface area is 111 Å². The summed E-state index contributed by atoms with van der Waals surface area (Å²) >= 11 is 0. The highest BCUT2D eigenvalue weighted by Crippen LogP contribution is 2.27. The Bertz CT molecular complexity index is 257. The minimum atomic E-state index is -0.181. The van der Waals surface area contributed by atoms with Crippen LogP contribution in [0.3, 0.4) is 0 Å². The molecule has 1 aliphatic heterocycles. The fourth-order valence-electron chi connectivity index (χ4n) is 2.76. The van der Waals surface area contributed by atoms with E-state index >= 15 is 0 Å². The monoisotopic (exact) mass is 257 g/mol. The molecular weight excluding hydrogens is 230 g/mol.